The number of nitrogens with two attached hydrogens (primary N) is 1. The maximum Gasteiger partial charge on any atom is 0.411 e. The molecule has 0 spiro atoms. The van der Waals surface area contributed by atoms with Gasteiger partial charge in [-0.25, -0.2) is 5.14 Å². The molecule has 0 saturated carbocycles. The van der Waals surface area contributed by atoms with Crippen LogP contribution in [0.15, 0.2) is 65.1 Å². The van der Waals surface area contributed by atoms with Crippen LogP contribution >= 0.6 is 0 Å². The van der Waals surface area contributed by atoms with E-state index in [0.29, 0.717) is 11.5 Å². The molecule has 0 fully saturated rings. The van der Waals surface area contributed by atoms with Gasteiger partial charge >= 0.3 is 16.3 Å². The topological polar surface area (TPSA) is 91.0 Å². The van der Waals surface area contributed by atoms with Crippen LogP contribution in [0.25, 0.3) is 0 Å². The van der Waals surface area contributed by atoms with Crippen molar-refractivity contribution in [2.24, 2.45) is 9.54 Å². The van der Waals surface area contributed by atoms with E-state index < -0.39 is 16.3 Å². The van der Waals surface area contributed by atoms with Gasteiger partial charge in [0.1, 0.15) is 11.5 Å². The van der Waals surface area contributed by atoms with Crippen LogP contribution in [0.4, 0.5) is 0 Å². The van der Waals surface area contributed by atoms with Crippen LogP contribution in [-0.4, -0.2) is 14.5 Å². The fraction of sp³-hybridized carbons (Fsp3) is 0.0714. The first kappa shape index (κ1) is 16.7. The Balaban J connectivity index is 0.00000220. The number of hydrogen-bond acceptors (Lipinski definition) is 4. The molecular formula is C14H16N2O4S. The van der Waals surface area contributed by atoms with E-state index in [1.807, 2.05) is 0 Å². The predicted molar refractivity (Wildman–Crippen MR) is 81.4 cm³/mol. The number of nitrogens with zero attached hydrogens (tertiary/aromatic N) is 1. The summed E-state index contributed by atoms with van der Waals surface area (Å²) >= 11 is 0. The molecule has 0 aliphatic carbocycles. The van der Waals surface area contributed by atoms with Gasteiger partial charge in [0.2, 0.25) is 0 Å². The third-order valence-corrected chi connectivity index (χ3v) is 2.50. The first-order valence-corrected chi connectivity index (χ1v) is 7.12. The molecule has 2 aromatic carbocycles. The summed E-state index contributed by atoms with van der Waals surface area (Å²) in [4.78, 5) is 0. The molecule has 0 heterocycles. The number of benzene rings is 2. The van der Waals surface area contributed by atoms with Gasteiger partial charge in [-0.1, -0.05) is 48.2 Å². The summed E-state index contributed by atoms with van der Waals surface area (Å²) in [6.07, 6.45) is -0.468. The highest BCUT2D eigenvalue weighted by Crippen LogP contribution is 2.13. The van der Waals surface area contributed by atoms with Gasteiger partial charge in [-0.2, -0.15) is 8.42 Å². The highest BCUT2D eigenvalue weighted by molar-refractivity contribution is 7.87. The lowest BCUT2D eigenvalue weighted by Gasteiger charge is -2.09. The predicted octanol–water partition coefficient (Wildman–Crippen LogP) is 2.34. The molecule has 0 amide bonds. The molecule has 21 heavy (non-hydrogen) atoms. The van der Waals surface area contributed by atoms with Crippen LogP contribution in [0.1, 0.15) is 7.43 Å². The van der Waals surface area contributed by atoms with E-state index in [9.17, 15) is 8.42 Å². The molecule has 0 aliphatic rings. The van der Waals surface area contributed by atoms with E-state index in [1.165, 1.54) is 0 Å². The van der Waals surface area contributed by atoms with Crippen LogP contribution < -0.4 is 14.6 Å². The van der Waals surface area contributed by atoms with Crippen LogP contribution in [0.2, 0.25) is 0 Å². The van der Waals surface area contributed by atoms with Gasteiger partial charge in [-0.3, -0.25) is 0 Å². The third-order valence-electron chi connectivity index (χ3n) is 2.10. The quantitative estimate of drug-likeness (QED) is 0.696. The van der Waals surface area contributed by atoms with Crippen LogP contribution in [-0.2, 0) is 10.2 Å². The summed E-state index contributed by atoms with van der Waals surface area (Å²) in [5.74, 6) is 0.761. The zero-order valence-electron chi connectivity index (χ0n) is 10.3. The number of para-hydroxylation sites is 2. The second kappa shape index (κ2) is 7.41. The second-order valence-corrected chi connectivity index (χ2v) is 4.91. The fourth-order valence-electron chi connectivity index (χ4n) is 1.34. The summed E-state index contributed by atoms with van der Waals surface area (Å²) in [6, 6.07) is 17.0. The Bertz CT molecular complexity index is 642. The molecule has 0 bridgehead atoms. The molecule has 112 valence electrons. The van der Waals surface area contributed by atoms with Crippen molar-refractivity contribution in [3.05, 3.63) is 60.7 Å². The highest BCUT2D eigenvalue weighted by Gasteiger charge is 2.11. The maximum atomic E-state index is 11.1. The monoisotopic (exact) mass is 308 g/mol. The van der Waals surface area contributed by atoms with Gasteiger partial charge in [0.25, 0.3) is 0 Å². The Labute approximate surface area is 124 Å². The minimum atomic E-state index is -4.13. The van der Waals surface area contributed by atoms with Crippen molar-refractivity contribution in [3.8, 4) is 11.5 Å². The third kappa shape index (κ3) is 6.07. The average molecular weight is 308 g/mol. The van der Waals surface area contributed by atoms with Gasteiger partial charge in [0.05, 0.1) is 0 Å². The summed E-state index contributed by atoms with van der Waals surface area (Å²) in [6.45, 7) is 0. The molecule has 0 atom stereocenters. The largest absolute Gasteiger partial charge is 0.411 e. The summed E-state index contributed by atoms with van der Waals surface area (Å²) in [7, 11) is -4.13. The molecular weight excluding hydrogens is 292 g/mol. The van der Waals surface area contributed by atoms with Crippen molar-refractivity contribution in [2.75, 3.05) is 0 Å². The van der Waals surface area contributed by atoms with E-state index in [0.717, 1.165) is 0 Å². The SMILES string of the molecule is C.NS(=O)(=O)N=C(Oc1ccccc1)Oc1ccccc1. The molecule has 0 unspecified atom stereocenters. The summed E-state index contributed by atoms with van der Waals surface area (Å²) < 4.78 is 35.9. The molecule has 0 aromatic heterocycles. The van der Waals surface area contributed by atoms with Crippen LogP contribution in [0, 0.1) is 0 Å². The minimum Gasteiger partial charge on any atom is -0.410 e. The van der Waals surface area contributed by atoms with E-state index >= 15 is 0 Å². The van der Waals surface area contributed by atoms with Gasteiger partial charge < -0.3 is 9.47 Å². The zero-order valence-corrected chi connectivity index (χ0v) is 11.2. The summed E-state index contributed by atoms with van der Waals surface area (Å²) in [5, 5.41) is 4.87. The van der Waals surface area contributed by atoms with Crippen LogP contribution in [0.3, 0.4) is 0 Å². The molecule has 6 nitrogen and oxygen atoms in total. The Kier molecular flexibility index (Phi) is 5.89. The van der Waals surface area contributed by atoms with Gasteiger partial charge in [-0.15, -0.1) is 0 Å². The number of ether oxygens (including phenoxy) is 2. The van der Waals surface area contributed by atoms with Crippen molar-refractivity contribution in [1.29, 1.82) is 0 Å². The van der Waals surface area contributed by atoms with Gasteiger partial charge in [0, 0.05) is 0 Å². The fourth-order valence-corrected chi connectivity index (χ4v) is 1.62. The Morgan fingerprint density at radius 3 is 1.57 bits per heavy atom. The molecule has 0 aliphatic heterocycles. The molecule has 2 aromatic rings. The zero-order chi connectivity index (χ0) is 14.4. The maximum absolute atomic E-state index is 11.1. The Morgan fingerprint density at radius 2 is 1.24 bits per heavy atom. The number of rotatable bonds is 3. The van der Waals surface area contributed by atoms with Gasteiger partial charge in [-0.05, 0) is 24.3 Å². The normalized spacial score (nSPS) is 10.1. The highest BCUT2D eigenvalue weighted by atomic mass is 32.2. The van der Waals surface area contributed by atoms with Crippen molar-refractivity contribution < 1.29 is 17.9 Å². The molecule has 2 rings (SSSR count). The summed E-state index contributed by atoms with van der Waals surface area (Å²) in [5.41, 5.74) is 0. The van der Waals surface area contributed by atoms with E-state index in [4.69, 9.17) is 14.6 Å². The minimum absolute atomic E-state index is 0. The van der Waals surface area contributed by atoms with E-state index in [1.54, 1.807) is 60.7 Å². The standard InChI is InChI=1S/C13H12N2O4S.CH4/c14-20(16,17)15-13(18-11-7-3-1-4-8-11)19-12-9-5-2-6-10-12;/h1-10H,(H2,14,16,17);1H4. The van der Waals surface area contributed by atoms with Crippen molar-refractivity contribution >= 4 is 16.3 Å². The Hall–Kier alpha value is -2.38. The molecule has 7 heteroatoms. The smallest absolute Gasteiger partial charge is 0.410 e. The van der Waals surface area contributed by atoms with Crippen molar-refractivity contribution in [1.82, 2.24) is 0 Å². The van der Waals surface area contributed by atoms with E-state index in [2.05, 4.69) is 4.40 Å². The second-order valence-electron chi connectivity index (χ2n) is 3.70. The van der Waals surface area contributed by atoms with Gasteiger partial charge in [0.15, 0.2) is 0 Å². The lowest BCUT2D eigenvalue weighted by molar-refractivity contribution is 0.386. The molecule has 2 N–H and O–H groups in total. The lowest BCUT2D eigenvalue weighted by atomic mass is 10.3. The average Bonchev–Trinajstić information content (AvgIpc) is 2.39. The Morgan fingerprint density at radius 1 is 0.857 bits per heavy atom. The molecule has 0 radical (unpaired) electrons. The van der Waals surface area contributed by atoms with Crippen molar-refractivity contribution in [3.63, 3.8) is 0 Å². The van der Waals surface area contributed by atoms with Crippen molar-refractivity contribution in [2.45, 2.75) is 7.43 Å². The number of hydrogen-bond donors (Lipinski definition) is 1. The van der Waals surface area contributed by atoms with E-state index in [-0.39, 0.29) is 7.43 Å². The van der Waals surface area contributed by atoms with Crippen LogP contribution in [0.5, 0.6) is 11.5 Å². The first-order chi connectivity index (χ1) is 9.53. The first-order valence-electron chi connectivity index (χ1n) is 5.61. The lowest BCUT2D eigenvalue weighted by Crippen LogP contribution is -2.21. The molecule has 0 saturated heterocycles.